The number of ether oxygens (including phenoxy) is 1. The van der Waals surface area contributed by atoms with E-state index in [2.05, 4.69) is 0 Å². The lowest BCUT2D eigenvalue weighted by molar-refractivity contribution is 0.413. The van der Waals surface area contributed by atoms with E-state index in [0.29, 0.717) is 23.7 Å². The lowest BCUT2D eigenvalue weighted by Crippen LogP contribution is -2.29. The van der Waals surface area contributed by atoms with Gasteiger partial charge in [0, 0.05) is 13.1 Å². The third-order valence-electron chi connectivity index (χ3n) is 3.33. The van der Waals surface area contributed by atoms with Crippen LogP contribution in [0.15, 0.2) is 17.0 Å². The van der Waals surface area contributed by atoms with E-state index in [4.69, 9.17) is 4.74 Å². The number of hydrogen-bond donors (Lipinski definition) is 0. The molecule has 0 unspecified atom stereocenters. The highest BCUT2D eigenvalue weighted by Gasteiger charge is 2.30. The third-order valence-corrected chi connectivity index (χ3v) is 5.54. The summed E-state index contributed by atoms with van der Waals surface area (Å²) in [6.07, 6.45) is 1.90. The van der Waals surface area contributed by atoms with E-state index in [0.717, 1.165) is 24.0 Å². The average Bonchev–Trinajstić information content (AvgIpc) is 2.81. The summed E-state index contributed by atoms with van der Waals surface area (Å²) in [5.41, 5.74) is 1.50. The number of nitrogens with zero attached hydrogens (tertiary/aromatic N) is 1. The SMILES string of the molecule is COc1cc(C)c(S(=O)(=O)N2CCCC2)c(C)c1. The molecule has 5 heteroatoms. The van der Waals surface area contributed by atoms with Crippen molar-refractivity contribution in [2.45, 2.75) is 31.6 Å². The second kappa shape index (κ2) is 4.90. The number of rotatable bonds is 3. The Labute approximate surface area is 109 Å². The summed E-state index contributed by atoms with van der Waals surface area (Å²) in [4.78, 5) is 0.435. The van der Waals surface area contributed by atoms with Gasteiger partial charge in [-0.3, -0.25) is 0 Å². The van der Waals surface area contributed by atoms with Gasteiger partial charge in [0.1, 0.15) is 5.75 Å². The predicted octanol–water partition coefficient (Wildman–Crippen LogP) is 2.10. The molecule has 1 saturated heterocycles. The largest absolute Gasteiger partial charge is 0.497 e. The molecule has 0 amide bonds. The van der Waals surface area contributed by atoms with E-state index >= 15 is 0 Å². The Morgan fingerprint density at radius 3 is 2.06 bits per heavy atom. The zero-order chi connectivity index (χ0) is 13.3. The highest BCUT2D eigenvalue weighted by molar-refractivity contribution is 7.89. The van der Waals surface area contributed by atoms with Crippen molar-refractivity contribution < 1.29 is 13.2 Å². The van der Waals surface area contributed by atoms with Gasteiger partial charge in [-0.1, -0.05) is 0 Å². The lowest BCUT2D eigenvalue weighted by atomic mass is 10.1. The Bertz CT molecular complexity index is 522. The normalized spacial score (nSPS) is 17.1. The van der Waals surface area contributed by atoms with Gasteiger partial charge >= 0.3 is 0 Å². The van der Waals surface area contributed by atoms with E-state index in [-0.39, 0.29) is 0 Å². The molecule has 0 spiro atoms. The smallest absolute Gasteiger partial charge is 0.243 e. The summed E-state index contributed by atoms with van der Waals surface area (Å²) in [7, 11) is -1.76. The van der Waals surface area contributed by atoms with Crippen LogP contribution in [0.25, 0.3) is 0 Å². The molecule has 2 rings (SSSR count). The molecular weight excluding hydrogens is 250 g/mol. The number of methoxy groups -OCH3 is 1. The first-order valence-electron chi connectivity index (χ1n) is 6.12. The molecule has 0 atom stereocenters. The number of hydrogen-bond acceptors (Lipinski definition) is 3. The van der Waals surface area contributed by atoms with Gasteiger partial charge in [0.15, 0.2) is 0 Å². The molecule has 1 aliphatic rings. The van der Waals surface area contributed by atoms with Gasteiger partial charge in [-0.2, -0.15) is 4.31 Å². The fourth-order valence-corrected chi connectivity index (χ4v) is 4.42. The monoisotopic (exact) mass is 269 g/mol. The van der Waals surface area contributed by atoms with Gasteiger partial charge < -0.3 is 4.74 Å². The van der Waals surface area contributed by atoms with Crippen molar-refractivity contribution in [2.75, 3.05) is 20.2 Å². The van der Waals surface area contributed by atoms with Crippen LogP contribution in [0.5, 0.6) is 5.75 Å². The lowest BCUT2D eigenvalue weighted by Gasteiger charge is -2.19. The Hall–Kier alpha value is -1.07. The molecular formula is C13H19NO3S. The molecule has 0 N–H and O–H groups in total. The van der Waals surface area contributed by atoms with Crippen LogP contribution in [0.1, 0.15) is 24.0 Å². The summed E-state index contributed by atoms with van der Waals surface area (Å²) in [5.74, 6) is 0.699. The number of sulfonamides is 1. The summed E-state index contributed by atoms with van der Waals surface area (Å²) in [6.45, 7) is 4.90. The minimum atomic E-state index is -3.35. The van der Waals surface area contributed by atoms with Crippen molar-refractivity contribution in [2.24, 2.45) is 0 Å². The molecule has 0 saturated carbocycles. The van der Waals surface area contributed by atoms with Gasteiger partial charge in [0.25, 0.3) is 0 Å². The summed E-state index contributed by atoms with van der Waals surface area (Å²) >= 11 is 0. The quantitative estimate of drug-likeness (QED) is 0.844. The number of benzene rings is 1. The highest BCUT2D eigenvalue weighted by atomic mass is 32.2. The van der Waals surface area contributed by atoms with Gasteiger partial charge in [0.05, 0.1) is 12.0 Å². The van der Waals surface area contributed by atoms with Gasteiger partial charge in [-0.15, -0.1) is 0 Å². The first kappa shape index (κ1) is 13.4. The van der Waals surface area contributed by atoms with Crippen molar-refractivity contribution in [1.82, 2.24) is 4.31 Å². The van der Waals surface area contributed by atoms with Crippen molar-refractivity contribution >= 4 is 10.0 Å². The molecule has 1 aromatic rings. The minimum absolute atomic E-state index is 0.435. The molecule has 100 valence electrons. The molecule has 1 aromatic carbocycles. The molecule has 1 fully saturated rings. The maximum atomic E-state index is 12.6. The van der Waals surface area contributed by atoms with Crippen LogP contribution in [0.3, 0.4) is 0 Å². The van der Waals surface area contributed by atoms with Crippen molar-refractivity contribution in [1.29, 1.82) is 0 Å². The summed E-state index contributed by atoms with van der Waals surface area (Å²) in [6, 6.07) is 3.55. The highest BCUT2D eigenvalue weighted by Crippen LogP contribution is 2.29. The van der Waals surface area contributed by atoms with E-state index in [9.17, 15) is 8.42 Å². The maximum Gasteiger partial charge on any atom is 0.243 e. The van der Waals surface area contributed by atoms with Crippen molar-refractivity contribution in [3.8, 4) is 5.75 Å². The molecule has 0 radical (unpaired) electrons. The van der Waals surface area contributed by atoms with Crippen molar-refractivity contribution in [3.05, 3.63) is 23.3 Å². The van der Waals surface area contributed by atoms with Crippen LogP contribution >= 0.6 is 0 Å². The van der Waals surface area contributed by atoms with E-state index in [1.165, 1.54) is 0 Å². The molecule has 1 heterocycles. The predicted molar refractivity (Wildman–Crippen MR) is 70.5 cm³/mol. The van der Waals surface area contributed by atoms with E-state index in [1.54, 1.807) is 23.5 Å². The Balaban J connectivity index is 2.50. The fourth-order valence-electron chi connectivity index (χ4n) is 2.49. The zero-order valence-electron chi connectivity index (χ0n) is 11.1. The minimum Gasteiger partial charge on any atom is -0.497 e. The third kappa shape index (κ3) is 2.24. The second-order valence-electron chi connectivity index (χ2n) is 4.70. The molecule has 0 aliphatic carbocycles. The fraction of sp³-hybridized carbons (Fsp3) is 0.538. The van der Waals surface area contributed by atoms with Crippen molar-refractivity contribution in [3.63, 3.8) is 0 Å². The Kier molecular flexibility index (Phi) is 3.64. The molecule has 1 aliphatic heterocycles. The average molecular weight is 269 g/mol. The van der Waals surface area contributed by atoms with Crippen LogP contribution < -0.4 is 4.74 Å². The molecule has 0 bridgehead atoms. The first-order valence-corrected chi connectivity index (χ1v) is 7.56. The topological polar surface area (TPSA) is 46.6 Å². The van der Waals surface area contributed by atoms with Crippen LogP contribution in [0.2, 0.25) is 0 Å². The van der Waals surface area contributed by atoms with Crippen LogP contribution in [0.4, 0.5) is 0 Å². The van der Waals surface area contributed by atoms with Crippen LogP contribution in [0, 0.1) is 13.8 Å². The number of aryl methyl sites for hydroxylation is 2. The molecule has 4 nitrogen and oxygen atoms in total. The van der Waals surface area contributed by atoms with Crippen LogP contribution in [-0.2, 0) is 10.0 Å². The first-order chi connectivity index (χ1) is 8.46. The van der Waals surface area contributed by atoms with E-state index < -0.39 is 10.0 Å². The molecule has 18 heavy (non-hydrogen) atoms. The summed E-state index contributed by atoms with van der Waals surface area (Å²) < 4.78 is 31.9. The maximum absolute atomic E-state index is 12.6. The van der Waals surface area contributed by atoms with E-state index in [1.807, 2.05) is 13.8 Å². The molecule has 0 aromatic heterocycles. The van der Waals surface area contributed by atoms with Gasteiger partial charge in [-0.05, 0) is 49.9 Å². The zero-order valence-corrected chi connectivity index (χ0v) is 11.9. The summed E-state index contributed by atoms with van der Waals surface area (Å²) in [5, 5.41) is 0. The van der Waals surface area contributed by atoms with Gasteiger partial charge in [0.2, 0.25) is 10.0 Å². The Morgan fingerprint density at radius 1 is 1.11 bits per heavy atom. The Morgan fingerprint density at radius 2 is 1.61 bits per heavy atom. The standard InChI is InChI=1S/C13H19NO3S/c1-10-8-12(17-3)9-11(2)13(10)18(15,16)14-6-4-5-7-14/h8-9H,4-7H2,1-3H3. The van der Waals surface area contributed by atoms with Crippen LogP contribution in [-0.4, -0.2) is 32.9 Å². The van der Waals surface area contributed by atoms with Gasteiger partial charge in [-0.25, -0.2) is 8.42 Å². The second-order valence-corrected chi connectivity index (χ2v) is 6.58.